The minimum absolute atomic E-state index is 0.168. The van der Waals surface area contributed by atoms with Gasteiger partial charge in [-0.3, -0.25) is 0 Å². The van der Waals surface area contributed by atoms with Crippen LogP contribution in [0.4, 0.5) is 10.1 Å². The van der Waals surface area contributed by atoms with Gasteiger partial charge in [0.05, 0.1) is 0 Å². The number of benzene rings is 1. The fourth-order valence-electron chi connectivity index (χ4n) is 1.98. The molecule has 0 bridgehead atoms. The van der Waals surface area contributed by atoms with Crippen LogP contribution < -0.4 is 10.2 Å². The van der Waals surface area contributed by atoms with Gasteiger partial charge in [-0.25, -0.2) is 4.39 Å². The van der Waals surface area contributed by atoms with Crippen LogP contribution in [-0.2, 0) is 0 Å². The van der Waals surface area contributed by atoms with E-state index in [0.717, 1.165) is 31.9 Å². The molecule has 0 aliphatic heterocycles. The molecule has 0 atom stereocenters. The van der Waals surface area contributed by atoms with Crippen molar-refractivity contribution < 1.29 is 4.39 Å². The van der Waals surface area contributed by atoms with E-state index in [0.29, 0.717) is 0 Å². The smallest absolute Gasteiger partial charge is 0.123 e. The Bertz CT molecular complexity index is 311. The summed E-state index contributed by atoms with van der Waals surface area (Å²) in [6.45, 7) is 8.52. The maximum Gasteiger partial charge on any atom is 0.123 e. The molecule has 18 heavy (non-hydrogen) atoms. The van der Waals surface area contributed by atoms with Gasteiger partial charge in [-0.05, 0) is 63.5 Å². The van der Waals surface area contributed by atoms with E-state index in [1.807, 2.05) is 12.1 Å². The first-order chi connectivity index (χ1) is 8.77. The fraction of sp³-hybridized carbons (Fsp3) is 0.600. The summed E-state index contributed by atoms with van der Waals surface area (Å²) >= 11 is 0. The zero-order valence-electron chi connectivity index (χ0n) is 11.6. The molecule has 0 saturated carbocycles. The average molecular weight is 252 g/mol. The van der Waals surface area contributed by atoms with Gasteiger partial charge in [-0.1, -0.05) is 6.92 Å². The summed E-state index contributed by atoms with van der Waals surface area (Å²) in [5.41, 5.74) is 1.11. The third kappa shape index (κ3) is 5.50. The van der Waals surface area contributed by atoms with E-state index in [9.17, 15) is 4.39 Å². The molecule has 0 radical (unpaired) electrons. The Kier molecular flexibility index (Phi) is 7.42. The van der Waals surface area contributed by atoms with E-state index < -0.39 is 0 Å². The van der Waals surface area contributed by atoms with Crippen molar-refractivity contribution >= 4 is 5.69 Å². The maximum atomic E-state index is 12.9. The fourth-order valence-corrected chi connectivity index (χ4v) is 1.98. The topological polar surface area (TPSA) is 15.3 Å². The van der Waals surface area contributed by atoms with Crippen LogP contribution in [-0.4, -0.2) is 26.2 Å². The van der Waals surface area contributed by atoms with Gasteiger partial charge in [0, 0.05) is 18.8 Å². The zero-order chi connectivity index (χ0) is 13.2. The van der Waals surface area contributed by atoms with Crippen molar-refractivity contribution in [2.45, 2.75) is 33.1 Å². The van der Waals surface area contributed by atoms with Crippen molar-refractivity contribution in [1.29, 1.82) is 0 Å². The van der Waals surface area contributed by atoms with Gasteiger partial charge in [0.15, 0.2) is 0 Å². The molecule has 0 amide bonds. The summed E-state index contributed by atoms with van der Waals surface area (Å²) in [6, 6.07) is 6.77. The average Bonchev–Trinajstić information content (AvgIpc) is 2.39. The first-order valence-corrected chi connectivity index (χ1v) is 6.99. The molecule has 102 valence electrons. The SMILES string of the molecule is CCCNCCCCN(CC)c1ccc(F)cc1. The van der Waals surface area contributed by atoms with E-state index in [4.69, 9.17) is 0 Å². The van der Waals surface area contributed by atoms with Crippen LogP contribution in [0.5, 0.6) is 0 Å². The Morgan fingerprint density at radius 2 is 1.78 bits per heavy atom. The van der Waals surface area contributed by atoms with Gasteiger partial charge in [-0.15, -0.1) is 0 Å². The molecular weight excluding hydrogens is 227 g/mol. The lowest BCUT2D eigenvalue weighted by molar-refractivity contribution is 0.609. The number of nitrogens with zero attached hydrogens (tertiary/aromatic N) is 1. The molecule has 0 saturated heterocycles. The molecule has 0 aliphatic carbocycles. The third-order valence-corrected chi connectivity index (χ3v) is 3.03. The minimum Gasteiger partial charge on any atom is -0.372 e. The second-order valence-corrected chi connectivity index (χ2v) is 4.51. The Morgan fingerprint density at radius 1 is 1.06 bits per heavy atom. The van der Waals surface area contributed by atoms with Gasteiger partial charge in [0.2, 0.25) is 0 Å². The van der Waals surface area contributed by atoms with Crippen LogP contribution in [0.2, 0.25) is 0 Å². The predicted molar refractivity (Wildman–Crippen MR) is 76.7 cm³/mol. The normalized spacial score (nSPS) is 10.6. The number of hydrogen-bond acceptors (Lipinski definition) is 2. The molecule has 0 fully saturated rings. The molecule has 0 unspecified atom stereocenters. The summed E-state index contributed by atoms with van der Waals surface area (Å²) in [5, 5.41) is 3.41. The zero-order valence-corrected chi connectivity index (χ0v) is 11.6. The number of rotatable bonds is 9. The lowest BCUT2D eigenvalue weighted by atomic mass is 10.2. The molecule has 0 aliphatic rings. The molecule has 1 N–H and O–H groups in total. The molecule has 0 aromatic heterocycles. The van der Waals surface area contributed by atoms with Crippen LogP contribution in [0, 0.1) is 5.82 Å². The Hall–Kier alpha value is -1.09. The quantitative estimate of drug-likeness (QED) is 0.677. The second-order valence-electron chi connectivity index (χ2n) is 4.51. The molecule has 0 spiro atoms. The highest BCUT2D eigenvalue weighted by molar-refractivity contribution is 5.45. The van der Waals surface area contributed by atoms with Crippen LogP contribution >= 0.6 is 0 Å². The third-order valence-electron chi connectivity index (χ3n) is 3.03. The van der Waals surface area contributed by atoms with Gasteiger partial charge in [-0.2, -0.15) is 0 Å². The lowest BCUT2D eigenvalue weighted by Crippen LogP contribution is -2.25. The first-order valence-electron chi connectivity index (χ1n) is 6.99. The molecular formula is C15H25FN2. The van der Waals surface area contributed by atoms with Gasteiger partial charge >= 0.3 is 0 Å². The lowest BCUT2D eigenvalue weighted by Gasteiger charge is -2.23. The summed E-state index contributed by atoms with van der Waals surface area (Å²) in [5.74, 6) is -0.168. The Morgan fingerprint density at radius 3 is 2.39 bits per heavy atom. The summed E-state index contributed by atoms with van der Waals surface area (Å²) in [4.78, 5) is 2.29. The number of anilines is 1. The number of nitrogens with one attached hydrogen (secondary N) is 1. The summed E-state index contributed by atoms with van der Waals surface area (Å²) in [7, 11) is 0. The molecule has 0 heterocycles. The highest BCUT2D eigenvalue weighted by Gasteiger charge is 2.03. The van der Waals surface area contributed by atoms with E-state index in [1.165, 1.54) is 31.4 Å². The number of hydrogen-bond donors (Lipinski definition) is 1. The Balaban J connectivity index is 2.27. The summed E-state index contributed by atoms with van der Waals surface area (Å²) < 4.78 is 12.9. The minimum atomic E-state index is -0.168. The number of unbranched alkanes of at least 4 members (excludes halogenated alkanes) is 1. The van der Waals surface area contributed by atoms with Gasteiger partial charge in [0.25, 0.3) is 0 Å². The van der Waals surface area contributed by atoms with Crippen LogP contribution in [0.1, 0.15) is 33.1 Å². The summed E-state index contributed by atoms with van der Waals surface area (Å²) in [6.07, 6.45) is 3.55. The molecule has 1 rings (SSSR count). The van der Waals surface area contributed by atoms with Gasteiger partial charge < -0.3 is 10.2 Å². The number of halogens is 1. The standard InChI is InChI=1S/C15H25FN2/c1-3-11-17-12-5-6-13-18(4-2)15-9-7-14(16)8-10-15/h7-10,17H,3-6,11-13H2,1-2H3. The largest absolute Gasteiger partial charge is 0.372 e. The molecule has 2 nitrogen and oxygen atoms in total. The molecule has 1 aromatic rings. The molecule has 3 heteroatoms. The van der Waals surface area contributed by atoms with Crippen molar-refractivity contribution in [2.75, 3.05) is 31.1 Å². The second kappa shape index (κ2) is 8.92. The van der Waals surface area contributed by atoms with Crippen LogP contribution in [0.15, 0.2) is 24.3 Å². The van der Waals surface area contributed by atoms with Crippen molar-refractivity contribution in [3.63, 3.8) is 0 Å². The van der Waals surface area contributed by atoms with Crippen LogP contribution in [0.3, 0.4) is 0 Å². The van der Waals surface area contributed by atoms with Crippen molar-refractivity contribution in [3.8, 4) is 0 Å². The predicted octanol–water partition coefficient (Wildman–Crippen LogP) is 3.43. The molecule has 1 aromatic carbocycles. The maximum absolute atomic E-state index is 12.9. The highest BCUT2D eigenvalue weighted by Crippen LogP contribution is 2.15. The van der Waals surface area contributed by atoms with Gasteiger partial charge in [0.1, 0.15) is 5.82 Å². The highest BCUT2D eigenvalue weighted by atomic mass is 19.1. The van der Waals surface area contributed by atoms with E-state index in [2.05, 4.69) is 24.1 Å². The van der Waals surface area contributed by atoms with Crippen molar-refractivity contribution in [2.24, 2.45) is 0 Å². The first kappa shape index (κ1) is 15.0. The van der Waals surface area contributed by atoms with Crippen molar-refractivity contribution in [3.05, 3.63) is 30.1 Å². The monoisotopic (exact) mass is 252 g/mol. The van der Waals surface area contributed by atoms with Crippen molar-refractivity contribution in [1.82, 2.24) is 5.32 Å². The van der Waals surface area contributed by atoms with E-state index in [-0.39, 0.29) is 5.82 Å². The van der Waals surface area contributed by atoms with E-state index >= 15 is 0 Å². The van der Waals surface area contributed by atoms with E-state index in [1.54, 1.807) is 0 Å². The Labute approximate surface area is 110 Å². The van der Waals surface area contributed by atoms with Crippen LogP contribution in [0.25, 0.3) is 0 Å².